The van der Waals surface area contributed by atoms with Gasteiger partial charge in [0.25, 0.3) is 0 Å². The first-order valence-electron chi connectivity index (χ1n) is 7.90. The number of halogens is 1. The lowest BCUT2D eigenvalue weighted by atomic mass is 9.99. The lowest BCUT2D eigenvalue weighted by Crippen LogP contribution is -2.40. The van der Waals surface area contributed by atoms with Crippen LogP contribution in [0.15, 0.2) is 29.3 Å². The predicted molar refractivity (Wildman–Crippen MR) is 87.5 cm³/mol. The minimum Gasteiger partial charge on any atom is -0.469 e. The van der Waals surface area contributed by atoms with Gasteiger partial charge in [0.2, 0.25) is 0 Å². The molecule has 0 aliphatic carbocycles. The number of hydrogen-bond acceptors (Lipinski definition) is 3. The number of esters is 1. The molecule has 23 heavy (non-hydrogen) atoms. The number of guanidine groups is 1. The fraction of sp³-hybridized carbons (Fsp3) is 0.529. The summed E-state index contributed by atoms with van der Waals surface area (Å²) in [6.45, 7) is 6.49. The maximum atomic E-state index is 13.2. The molecule has 126 valence electrons. The number of rotatable bonds is 4. The molecule has 1 aromatic rings. The molecule has 1 N–H and O–H groups in total. The Bertz CT molecular complexity index is 577. The number of ether oxygens (including phenoxy) is 1. The van der Waals surface area contributed by atoms with E-state index in [9.17, 15) is 9.18 Å². The minimum absolute atomic E-state index is 0.141. The molecule has 2 atom stereocenters. The number of methoxy groups -OCH3 is 1. The van der Waals surface area contributed by atoms with Gasteiger partial charge in [-0.3, -0.25) is 4.79 Å². The zero-order valence-corrected chi connectivity index (χ0v) is 13.9. The molecule has 1 aliphatic heterocycles. The van der Waals surface area contributed by atoms with Gasteiger partial charge in [-0.2, -0.15) is 0 Å². The van der Waals surface area contributed by atoms with Gasteiger partial charge in [0.15, 0.2) is 5.96 Å². The zero-order valence-electron chi connectivity index (χ0n) is 13.9. The van der Waals surface area contributed by atoms with Crippen LogP contribution in [0.1, 0.15) is 19.4 Å². The summed E-state index contributed by atoms with van der Waals surface area (Å²) in [6.07, 6.45) is 0. The van der Waals surface area contributed by atoms with E-state index in [0.29, 0.717) is 13.1 Å². The molecule has 2 unspecified atom stereocenters. The highest BCUT2D eigenvalue weighted by atomic mass is 19.1. The molecular weight excluding hydrogens is 297 g/mol. The number of likely N-dealkylation sites (tertiary alicyclic amines) is 1. The number of benzene rings is 1. The van der Waals surface area contributed by atoms with E-state index in [1.54, 1.807) is 6.07 Å². The number of carbonyl (C=O) groups excluding carboxylic acids is 1. The van der Waals surface area contributed by atoms with Gasteiger partial charge in [-0.15, -0.1) is 0 Å². The van der Waals surface area contributed by atoms with E-state index in [0.717, 1.165) is 24.6 Å². The van der Waals surface area contributed by atoms with Gasteiger partial charge >= 0.3 is 5.97 Å². The first kappa shape index (κ1) is 17.2. The lowest BCUT2D eigenvalue weighted by molar-refractivity contribution is -0.145. The normalized spacial score (nSPS) is 21.4. The monoisotopic (exact) mass is 321 g/mol. The first-order chi connectivity index (χ1) is 11.0. The zero-order chi connectivity index (χ0) is 16.8. The van der Waals surface area contributed by atoms with E-state index in [1.807, 2.05) is 19.9 Å². The third-order valence-corrected chi connectivity index (χ3v) is 4.05. The summed E-state index contributed by atoms with van der Waals surface area (Å²) in [5.41, 5.74) is 0.817. The molecule has 0 bridgehead atoms. The van der Waals surface area contributed by atoms with E-state index < -0.39 is 0 Å². The van der Waals surface area contributed by atoms with Crippen LogP contribution in [0.2, 0.25) is 0 Å². The molecule has 2 rings (SSSR count). The molecule has 1 aromatic carbocycles. The summed E-state index contributed by atoms with van der Waals surface area (Å²) in [7, 11) is 1.42. The molecule has 0 saturated carbocycles. The van der Waals surface area contributed by atoms with Crippen LogP contribution in [0.25, 0.3) is 0 Å². The lowest BCUT2D eigenvalue weighted by Gasteiger charge is -2.21. The van der Waals surface area contributed by atoms with Crippen molar-refractivity contribution in [1.82, 2.24) is 10.2 Å². The summed E-state index contributed by atoms with van der Waals surface area (Å²) in [5.74, 6) is 0.373. The van der Waals surface area contributed by atoms with Crippen LogP contribution >= 0.6 is 0 Å². The maximum Gasteiger partial charge on any atom is 0.310 e. The van der Waals surface area contributed by atoms with Gasteiger partial charge in [-0.05, 0) is 30.5 Å². The summed E-state index contributed by atoms with van der Waals surface area (Å²) >= 11 is 0. The van der Waals surface area contributed by atoms with Gasteiger partial charge in [-0.25, -0.2) is 9.38 Å². The highest BCUT2D eigenvalue weighted by Gasteiger charge is 2.36. The van der Waals surface area contributed by atoms with Gasteiger partial charge in [0.05, 0.1) is 19.6 Å². The van der Waals surface area contributed by atoms with E-state index in [-0.39, 0.29) is 23.6 Å². The second kappa shape index (κ2) is 7.94. The number of hydrogen-bond donors (Lipinski definition) is 1. The minimum atomic E-state index is -0.261. The van der Waals surface area contributed by atoms with Crippen LogP contribution in [0.3, 0.4) is 0 Å². The SMILES string of the molecule is CCNC(=NCc1cccc(F)c1)N1CC(C)C(C(=O)OC)C1. The Morgan fingerprint density at radius 2 is 2.26 bits per heavy atom. The van der Waals surface area contributed by atoms with Crippen molar-refractivity contribution in [3.05, 3.63) is 35.6 Å². The van der Waals surface area contributed by atoms with E-state index in [1.165, 1.54) is 19.2 Å². The van der Waals surface area contributed by atoms with Crippen LogP contribution in [0.5, 0.6) is 0 Å². The maximum absolute atomic E-state index is 13.2. The fourth-order valence-electron chi connectivity index (χ4n) is 2.83. The van der Waals surface area contributed by atoms with Gasteiger partial charge < -0.3 is 15.0 Å². The number of carbonyl (C=O) groups is 1. The first-order valence-corrected chi connectivity index (χ1v) is 7.90. The van der Waals surface area contributed by atoms with Crippen molar-refractivity contribution < 1.29 is 13.9 Å². The Labute approximate surface area is 136 Å². The summed E-state index contributed by atoms with van der Waals surface area (Å²) in [4.78, 5) is 18.5. The molecule has 1 heterocycles. The Hall–Kier alpha value is -2.11. The highest BCUT2D eigenvalue weighted by molar-refractivity contribution is 5.82. The van der Waals surface area contributed by atoms with Crippen LogP contribution < -0.4 is 5.32 Å². The number of aliphatic imine (C=N–C) groups is 1. The summed E-state index contributed by atoms with van der Waals surface area (Å²) < 4.78 is 18.1. The van der Waals surface area contributed by atoms with Crippen molar-refractivity contribution in [2.45, 2.75) is 20.4 Å². The molecule has 6 heteroatoms. The molecular formula is C17H24FN3O2. The standard InChI is InChI=1S/C17H24FN3O2/c1-4-19-17(20-9-13-6-5-7-14(18)8-13)21-10-12(2)15(11-21)16(22)23-3/h5-8,12,15H,4,9-11H2,1-3H3,(H,19,20). The van der Waals surface area contributed by atoms with Crippen LogP contribution in [0, 0.1) is 17.7 Å². The van der Waals surface area contributed by atoms with Crippen molar-refractivity contribution in [3.8, 4) is 0 Å². The van der Waals surface area contributed by atoms with Crippen LogP contribution in [-0.2, 0) is 16.1 Å². The second-order valence-corrected chi connectivity index (χ2v) is 5.81. The topological polar surface area (TPSA) is 53.9 Å². The van der Waals surface area contributed by atoms with Crippen molar-refractivity contribution in [1.29, 1.82) is 0 Å². The summed E-state index contributed by atoms with van der Waals surface area (Å²) in [6, 6.07) is 6.43. The molecule has 5 nitrogen and oxygen atoms in total. The third kappa shape index (κ3) is 4.43. The van der Waals surface area contributed by atoms with Crippen molar-refractivity contribution >= 4 is 11.9 Å². The summed E-state index contributed by atoms with van der Waals surface area (Å²) in [5, 5.41) is 3.24. The average Bonchev–Trinajstić information content (AvgIpc) is 2.92. The average molecular weight is 321 g/mol. The largest absolute Gasteiger partial charge is 0.469 e. The Kier molecular flexibility index (Phi) is 5.96. The molecule has 0 radical (unpaired) electrons. The molecule has 1 saturated heterocycles. The number of nitrogens with one attached hydrogen (secondary N) is 1. The molecule has 0 spiro atoms. The molecule has 0 amide bonds. The molecule has 0 aromatic heterocycles. The Balaban J connectivity index is 2.09. The van der Waals surface area contributed by atoms with E-state index in [4.69, 9.17) is 4.74 Å². The molecule has 1 fully saturated rings. The predicted octanol–water partition coefficient (Wildman–Crippen LogP) is 2.03. The smallest absolute Gasteiger partial charge is 0.310 e. The van der Waals surface area contributed by atoms with E-state index in [2.05, 4.69) is 15.2 Å². The Morgan fingerprint density at radius 1 is 1.48 bits per heavy atom. The third-order valence-electron chi connectivity index (χ3n) is 4.05. The van der Waals surface area contributed by atoms with Gasteiger partial charge in [-0.1, -0.05) is 19.1 Å². The highest BCUT2D eigenvalue weighted by Crippen LogP contribution is 2.24. The van der Waals surface area contributed by atoms with Gasteiger partial charge in [0.1, 0.15) is 5.82 Å². The molecule has 1 aliphatic rings. The van der Waals surface area contributed by atoms with E-state index >= 15 is 0 Å². The fourth-order valence-corrected chi connectivity index (χ4v) is 2.83. The van der Waals surface area contributed by atoms with Gasteiger partial charge in [0, 0.05) is 19.6 Å². The van der Waals surface area contributed by atoms with Crippen molar-refractivity contribution in [2.24, 2.45) is 16.8 Å². The second-order valence-electron chi connectivity index (χ2n) is 5.81. The number of nitrogens with zero attached hydrogens (tertiary/aromatic N) is 2. The van der Waals surface area contributed by atoms with Crippen LogP contribution in [0.4, 0.5) is 4.39 Å². The van der Waals surface area contributed by atoms with Crippen LogP contribution in [-0.4, -0.2) is 43.6 Å². The quantitative estimate of drug-likeness (QED) is 0.524. The van der Waals surface area contributed by atoms with Crippen molar-refractivity contribution in [2.75, 3.05) is 26.7 Å². The Morgan fingerprint density at radius 3 is 2.91 bits per heavy atom. The van der Waals surface area contributed by atoms with Crippen molar-refractivity contribution in [3.63, 3.8) is 0 Å².